The summed E-state index contributed by atoms with van der Waals surface area (Å²) in [6.07, 6.45) is 5.56. The fourth-order valence-electron chi connectivity index (χ4n) is 5.39. The van der Waals surface area contributed by atoms with E-state index in [9.17, 15) is 4.21 Å². The number of fused-ring (bicyclic) bond motifs is 2. The molecule has 1 saturated heterocycles. The SMILES string of the molecule is Cc1c(-c2[nH]c3ccc(CC4CN(CCCS(=O)O)C4)cc3c2C(C)C)cn2ncnc2c1C. The van der Waals surface area contributed by atoms with Crippen LogP contribution in [0.25, 0.3) is 27.8 Å². The van der Waals surface area contributed by atoms with Crippen LogP contribution >= 0.6 is 0 Å². The molecule has 0 saturated carbocycles. The van der Waals surface area contributed by atoms with E-state index in [0.717, 1.165) is 43.7 Å². The monoisotopic (exact) mass is 479 g/mol. The molecule has 180 valence electrons. The molecule has 0 radical (unpaired) electrons. The van der Waals surface area contributed by atoms with Crippen molar-refractivity contribution in [2.45, 2.75) is 46.5 Å². The number of H-pyrrole nitrogens is 1. The van der Waals surface area contributed by atoms with Gasteiger partial charge in [0.2, 0.25) is 0 Å². The van der Waals surface area contributed by atoms with Crippen LogP contribution in [0.4, 0.5) is 0 Å². The van der Waals surface area contributed by atoms with Crippen molar-refractivity contribution >= 4 is 27.6 Å². The van der Waals surface area contributed by atoms with Crippen molar-refractivity contribution in [1.29, 1.82) is 0 Å². The number of likely N-dealkylation sites (tertiary alicyclic amines) is 1. The second kappa shape index (κ2) is 9.24. The van der Waals surface area contributed by atoms with Crippen LogP contribution in [0.2, 0.25) is 0 Å². The molecular weight excluding hydrogens is 446 g/mol. The standard InChI is InChI=1S/C26H33N5O2S/c1-16(2)24-21-11-19(10-20-12-30(13-20)8-5-9-34(32)33)6-7-23(21)29-25(24)22-14-31-26(27-15-28-31)18(4)17(22)3/h6-7,11,14-16,20,29H,5,8-10,12-13H2,1-4H3,(H,32,33). The van der Waals surface area contributed by atoms with Crippen LogP contribution in [0, 0.1) is 19.8 Å². The molecule has 0 bridgehead atoms. The fraction of sp³-hybridized carbons (Fsp3) is 0.462. The van der Waals surface area contributed by atoms with Gasteiger partial charge in [-0.1, -0.05) is 19.9 Å². The topological polar surface area (TPSA) is 86.5 Å². The van der Waals surface area contributed by atoms with Crippen LogP contribution in [-0.2, 0) is 17.5 Å². The van der Waals surface area contributed by atoms with E-state index in [4.69, 9.17) is 4.55 Å². The number of hydrogen-bond donors (Lipinski definition) is 2. The normalized spacial score (nSPS) is 16.1. The van der Waals surface area contributed by atoms with Crippen molar-refractivity contribution in [1.82, 2.24) is 24.5 Å². The molecule has 1 aromatic carbocycles. The first kappa shape index (κ1) is 23.2. The largest absolute Gasteiger partial charge is 0.354 e. The van der Waals surface area contributed by atoms with Crippen LogP contribution in [0.1, 0.15) is 48.4 Å². The highest BCUT2D eigenvalue weighted by Crippen LogP contribution is 2.38. The van der Waals surface area contributed by atoms with E-state index in [0.29, 0.717) is 17.6 Å². The third-order valence-electron chi connectivity index (χ3n) is 7.23. The molecule has 2 N–H and O–H groups in total. The Balaban J connectivity index is 1.42. The first-order valence-electron chi connectivity index (χ1n) is 12.1. The number of benzene rings is 1. The van der Waals surface area contributed by atoms with Gasteiger partial charge in [-0.15, -0.1) is 0 Å². The highest BCUT2D eigenvalue weighted by Gasteiger charge is 2.27. The number of pyridine rings is 1. The van der Waals surface area contributed by atoms with Crippen molar-refractivity contribution < 1.29 is 8.76 Å². The van der Waals surface area contributed by atoms with Gasteiger partial charge in [0.05, 0.1) is 11.4 Å². The molecule has 0 amide bonds. The lowest BCUT2D eigenvalue weighted by atomic mass is 9.90. The molecule has 4 heterocycles. The molecule has 1 aliphatic rings. The first-order valence-corrected chi connectivity index (χ1v) is 13.3. The number of hydrogen-bond acceptors (Lipinski definition) is 4. The minimum atomic E-state index is -1.68. The Morgan fingerprint density at radius 2 is 2.03 bits per heavy atom. The predicted octanol–water partition coefficient (Wildman–Crippen LogP) is 4.70. The van der Waals surface area contributed by atoms with E-state index >= 15 is 0 Å². The predicted molar refractivity (Wildman–Crippen MR) is 138 cm³/mol. The van der Waals surface area contributed by atoms with Crippen molar-refractivity contribution in [2.24, 2.45) is 5.92 Å². The van der Waals surface area contributed by atoms with Crippen molar-refractivity contribution in [3.63, 3.8) is 0 Å². The maximum absolute atomic E-state index is 10.8. The molecule has 1 unspecified atom stereocenters. The molecule has 34 heavy (non-hydrogen) atoms. The number of aryl methyl sites for hydroxylation is 1. The highest BCUT2D eigenvalue weighted by molar-refractivity contribution is 7.79. The lowest BCUT2D eigenvalue weighted by Crippen LogP contribution is -2.48. The molecule has 5 rings (SSSR count). The lowest BCUT2D eigenvalue weighted by Gasteiger charge is -2.39. The van der Waals surface area contributed by atoms with Crippen molar-refractivity contribution in [2.75, 3.05) is 25.4 Å². The first-order chi connectivity index (χ1) is 16.3. The molecular formula is C26H33N5O2S. The zero-order valence-electron chi connectivity index (χ0n) is 20.3. The van der Waals surface area contributed by atoms with Gasteiger partial charge in [0, 0.05) is 35.8 Å². The average molecular weight is 480 g/mol. The van der Waals surface area contributed by atoms with Gasteiger partial charge in [-0.3, -0.25) is 0 Å². The Bertz CT molecular complexity index is 1370. The summed E-state index contributed by atoms with van der Waals surface area (Å²) in [5.74, 6) is 1.40. The van der Waals surface area contributed by atoms with E-state index in [1.807, 2.05) is 4.52 Å². The third-order valence-corrected chi connectivity index (χ3v) is 7.86. The average Bonchev–Trinajstić information content (AvgIpc) is 3.38. The van der Waals surface area contributed by atoms with Gasteiger partial charge in [-0.2, -0.15) is 5.10 Å². The number of aromatic nitrogens is 4. The van der Waals surface area contributed by atoms with E-state index in [1.165, 1.54) is 38.9 Å². The zero-order chi connectivity index (χ0) is 24.0. The Morgan fingerprint density at radius 1 is 1.24 bits per heavy atom. The highest BCUT2D eigenvalue weighted by atomic mass is 32.2. The number of nitrogens with zero attached hydrogens (tertiary/aromatic N) is 4. The van der Waals surface area contributed by atoms with Gasteiger partial charge in [0.15, 0.2) is 16.7 Å². The molecule has 1 atom stereocenters. The van der Waals surface area contributed by atoms with Gasteiger partial charge in [0.25, 0.3) is 0 Å². The number of aromatic amines is 1. The maximum Gasteiger partial charge on any atom is 0.158 e. The van der Waals surface area contributed by atoms with Gasteiger partial charge in [-0.25, -0.2) is 13.7 Å². The Labute approximate surface area is 202 Å². The minimum absolute atomic E-state index is 0.370. The van der Waals surface area contributed by atoms with Crippen molar-refractivity contribution in [3.05, 3.63) is 53.0 Å². The molecule has 3 aromatic heterocycles. The van der Waals surface area contributed by atoms with E-state index in [-0.39, 0.29) is 0 Å². The van der Waals surface area contributed by atoms with Gasteiger partial charge < -0.3 is 14.4 Å². The summed E-state index contributed by atoms with van der Waals surface area (Å²) in [7, 11) is 0. The quantitative estimate of drug-likeness (QED) is 0.358. The van der Waals surface area contributed by atoms with Crippen LogP contribution in [-0.4, -0.2) is 58.6 Å². The summed E-state index contributed by atoms with van der Waals surface area (Å²) in [5, 5.41) is 5.70. The summed E-state index contributed by atoms with van der Waals surface area (Å²) < 4.78 is 21.6. The van der Waals surface area contributed by atoms with Gasteiger partial charge in [-0.05, 0) is 79.5 Å². The summed E-state index contributed by atoms with van der Waals surface area (Å²) in [4.78, 5) is 10.5. The zero-order valence-corrected chi connectivity index (χ0v) is 21.2. The molecule has 0 aliphatic carbocycles. The second-order valence-corrected chi connectivity index (χ2v) is 11.0. The van der Waals surface area contributed by atoms with Crippen LogP contribution in [0.5, 0.6) is 0 Å². The second-order valence-electron chi connectivity index (χ2n) is 9.98. The third kappa shape index (κ3) is 4.30. The number of rotatable bonds is 8. The maximum atomic E-state index is 10.8. The Kier molecular flexibility index (Phi) is 6.31. The van der Waals surface area contributed by atoms with E-state index in [2.05, 4.69) is 72.1 Å². The summed E-state index contributed by atoms with van der Waals surface area (Å²) in [6.45, 7) is 11.9. The molecule has 1 fully saturated rings. The molecule has 7 nitrogen and oxygen atoms in total. The minimum Gasteiger partial charge on any atom is -0.354 e. The van der Waals surface area contributed by atoms with Crippen LogP contribution < -0.4 is 0 Å². The lowest BCUT2D eigenvalue weighted by molar-refractivity contribution is 0.101. The van der Waals surface area contributed by atoms with Gasteiger partial charge in [0.1, 0.15) is 6.33 Å². The smallest absolute Gasteiger partial charge is 0.158 e. The van der Waals surface area contributed by atoms with Crippen LogP contribution in [0.3, 0.4) is 0 Å². The molecule has 0 spiro atoms. The summed E-state index contributed by atoms with van der Waals surface area (Å²) in [5.41, 5.74) is 9.55. The van der Waals surface area contributed by atoms with Crippen molar-refractivity contribution in [3.8, 4) is 11.3 Å². The Morgan fingerprint density at radius 3 is 2.76 bits per heavy atom. The van der Waals surface area contributed by atoms with E-state index in [1.54, 1.807) is 6.33 Å². The molecule has 1 aliphatic heterocycles. The summed E-state index contributed by atoms with van der Waals surface area (Å²) in [6, 6.07) is 6.85. The van der Waals surface area contributed by atoms with Crippen LogP contribution in [0.15, 0.2) is 30.7 Å². The van der Waals surface area contributed by atoms with Gasteiger partial charge >= 0.3 is 0 Å². The fourth-order valence-corrected chi connectivity index (χ4v) is 5.76. The molecule has 4 aromatic rings. The Hall–Kier alpha value is -2.55. The number of nitrogens with one attached hydrogen (secondary N) is 1. The summed E-state index contributed by atoms with van der Waals surface area (Å²) >= 11 is -1.68. The van der Waals surface area contributed by atoms with E-state index < -0.39 is 11.1 Å². The molecule has 8 heteroatoms.